The minimum atomic E-state index is -0.138. The average molecular weight is 248 g/mol. The van der Waals surface area contributed by atoms with E-state index in [4.69, 9.17) is 0 Å². The summed E-state index contributed by atoms with van der Waals surface area (Å²) >= 11 is 0. The number of methoxy groups -OCH3 is 1. The summed E-state index contributed by atoms with van der Waals surface area (Å²) in [4.78, 5) is 21.7. The molecule has 0 bridgehead atoms. The molecule has 0 saturated carbocycles. The lowest BCUT2D eigenvalue weighted by atomic mass is 10.0. The molecule has 1 aromatic carbocycles. The van der Waals surface area contributed by atoms with Crippen molar-refractivity contribution in [1.82, 2.24) is 0 Å². The van der Waals surface area contributed by atoms with Gasteiger partial charge in [-0.1, -0.05) is 37.1 Å². The van der Waals surface area contributed by atoms with Crippen LogP contribution in [-0.4, -0.2) is 19.4 Å². The van der Waals surface area contributed by atoms with Crippen LogP contribution in [0.2, 0.25) is 0 Å². The molecule has 0 amide bonds. The normalized spacial score (nSPS) is 10.1. The van der Waals surface area contributed by atoms with Gasteiger partial charge in [-0.25, -0.2) is 0 Å². The molecule has 1 rings (SSSR count). The van der Waals surface area contributed by atoms with Crippen molar-refractivity contribution in [3.8, 4) is 0 Å². The summed E-state index contributed by atoms with van der Waals surface area (Å²) in [6, 6.07) is 7.68. The van der Waals surface area contributed by atoms with Crippen LogP contribution in [0.1, 0.15) is 48.0 Å². The Balaban J connectivity index is 2.18. The molecular weight excluding hydrogens is 228 g/mol. The van der Waals surface area contributed by atoms with Gasteiger partial charge >= 0.3 is 5.97 Å². The first-order chi connectivity index (χ1) is 8.77. The van der Waals surface area contributed by atoms with E-state index >= 15 is 0 Å². The van der Waals surface area contributed by atoms with Crippen molar-refractivity contribution >= 4 is 12.3 Å². The Bertz CT molecular complexity index is 385. The summed E-state index contributed by atoms with van der Waals surface area (Å²) in [6.45, 7) is 0. The second kappa shape index (κ2) is 8.45. The molecule has 18 heavy (non-hydrogen) atoms. The molecule has 0 radical (unpaired) electrons. The van der Waals surface area contributed by atoms with Gasteiger partial charge in [0.25, 0.3) is 0 Å². The Morgan fingerprint density at radius 1 is 1.17 bits per heavy atom. The number of unbranched alkanes of at least 4 members (excludes halogenated alkanes) is 3. The number of hydrogen-bond donors (Lipinski definition) is 0. The molecule has 98 valence electrons. The van der Waals surface area contributed by atoms with Crippen LogP contribution in [0, 0.1) is 0 Å². The smallest absolute Gasteiger partial charge is 0.305 e. The van der Waals surface area contributed by atoms with Crippen LogP contribution < -0.4 is 0 Å². The minimum Gasteiger partial charge on any atom is -0.469 e. The Morgan fingerprint density at radius 2 is 1.89 bits per heavy atom. The summed E-state index contributed by atoms with van der Waals surface area (Å²) in [7, 11) is 1.42. The number of aldehydes is 1. The van der Waals surface area contributed by atoms with E-state index in [-0.39, 0.29) is 5.97 Å². The molecule has 0 aliphatic carbocycles. The lowest BCUT2D eigenvalue weighted by Gasteiger charge is -2.04. The van der Waals surface area contributed by atoms with Gasteiger partial charge in [0, 0.05) is 12.0 Å². The maximum absolute atomic E-state index is 10.9. The number of carbonyl (C=O) groups excluding carboxylic acids is 2. The molecule has 0 spiro atoms. The molecule has 0 atom stereocenters. The number of hydrogen-bond acceptors (Lipinski definition) is 3. The van der Waals surface area contributed by atoms with E-state index < -0.39 is 0 Å². The predicted octanol–water partition coefficient (Wildman–Crippen LogP) is 3.17. The van der Waals surface area contributed by atoms with Crippen LogP contribution in [0.4, 0.5) is 0 Å². The first-order valence-corrected chi connectivity index (χ1v) is 6.38. The number of rotatable bonds is 8. The van der Waals surface area contributed by atoms with Crippen LogP contribution >= 0.6 is 0 Å². The standard InChI is InChI=1S/C15H20O3/c1-18-15(17)11-5-3-2-4-8-13-9-6-7-10-14(13)12-16/h6-7,9-10,12H,2-5,8,11H2,1H3. The van der Waals surface area contributed by atoms with Crippen molar-refractivity contribution in [2.45, 2.75) is 38.5 Å². The molecule has 0 aliphatic rings. The zero-order chi connectivity index (χ0) is 13.2. The fourth-order valence-corrected chi connectivity index (χ4v) is 1.92. The van der Waals surface area contributed by atoms with Crippen LogP contribution in [0.5, 0.6) is 0 Å². The minimum absolute atomic E-state index is 0.138. The second-order valence-corrected chi connectivity index (χ2v) is 4.31. The van der Waals surface area contributed by atoms with Gasteiger partial charge in [0.05, 0.1) is 7.11 Å². The summed E-state index contributed by atoms with van der Waals surface area (Å²) < 4.78 is 4.58. The maximum Gasteiger partial charge on any atom is 0.305 e. The van der Waals surface area contributed by atoms with Crippen molar-refractivity contribution in [1.29, 1.82) is 0 Å². The molecule has 0 N–H and O–H groups in total. The number of esters is 1. The zero-order valence-electron chi connectivity index (χ0n) is 10.9. The Morgan fingerprint density at radius 3 is 2.61 bits per heavy atom. The Hall–Kier alpha value is -1.64. The molecule has 0 heterocycles. The van der Waals surface area contributed by atoms with Crippen molar-refractivity contribution < 1.29 is 14.3 Å². The third-order valence-corrected chi connectivity index (χ3v) is 2.99. The van der Waals surface area contributed by atoms with Crippen LogP contribution in [-0.2, 0) is 16.0 Å². The van der Waals surface area contributed by atoms with Gasteiger partial charge in [-0.15, -0.1) is 0 Å². The fraction of sp³-hybridized carbons (Fsp3) is 0.467. The maximum atomic E-state index is 10.9. The summed E-state index contributed by atoms with van der Waals surface area (Å²) in [5, 5.41) is 0. The number of ether oxygens (including phenoxy) is 1. The zero-order valence-corrected chi connectivity index (χ0v) is 10.9. The van der Waals surface area contributed by atoms with Crippen molar-refractivity contribution in [3.63, 3.8) is 0 Å². The number of aryl methyl sites for hydroxylation is 1. The van der Waals surface area contributed by atoms with Crippen LogP contribution in [0.3, 0.4) is 0 Å². The molecule has 3 heteroatoms. The Kier molecular flexibility index (Phi) is 6.77. The average Bonchev–Trinajstić information content (AvgIpc) is 2.42. The van der Waals surface area contributed by atoms with Gasteiger partial charge in [-0.2, -0.15) is 0 Å². The Labute approximate surface area is 108 Å². The molecule has 0 aliphatic heterocycles. The molecular formula is C15H20O3. The lowest BCUT2D eigenvalue weighted by molar-refractivity contribution is -0.140. The summed E-state index contributed by atoms with van der Waals surface area (Å²) in [5.41, 5.74) is 1.90. The quantitative estimate of drug-likeness (QED) is 0.403. The van der Waals surface area contributed by atoms with Gasteiger partial charge in [-0.3, -0.25) is 9.59 Å². The van der Waals surface area contributed by atoms with Crippen molar-refractivity contribution in [3.05, 3.63) is 35.4 Å². The van der Waals surface area contributed by atoms with E-state index in [1.165, 1.54) is 7.11 Å². The van der Waals surface area contributed by atoms with E-state index in [0.717, 1.165) is 49.5 Å². The van der Waals surface area contributed by atoms with Crippen molar-refractivity contribution in [2.24, 2.45) is 0 Å². The van der Waals surface area contributed by atoms with E-state index in [1.54, 1.807) is 0 Å². The number of carbonyl (C=O) groups is 2. The van der Waals surface area contributed by atoms with Gasteiger partial charge in [0.15, 0.2) is 0 Å². The SMILES string of the molecule is COC(=O)CCCCCCc1ccccc1C=O. The van der Waals surface area contributed by atoms with E-state index in [0.29, 0.717) is 6.42 Å². The molecule has 0 unspecified atom stereocenters. The third kappa shape index (κ3) is 5.13. The lowest BCUT2D eigenvalue weighted by Crippen LogP contribution is -1.99. The van der Waals surface area contributed by atoms with E-state index in [9.17, 15) is 9.59 Å². The van der Waals surface area contributed by atoms with Gasteiger partial charge in [-0.05, 0) is 24.8 Å². The van der Waals surface area contributed by atoms with Crippen LogP contribution in [0.15, 0.2) is 24.3 Å². The van der Waals surface area contributed by atoms with Gasteiger partial charge in [0.1, 0.15) is 6.29 Å². The molecule has 3 nitrogen and oxygen atoms in total. The summed E-state index contributed by atoms with van der Waals surface area (Å²) in [5.74, 6) is -0.138. The fourth-order valence-electron chi connectivity index (χ4n) is 1.92. The molecule has 0 fully saturated rings. The monoisotopic (exact) mass is 248 g/mol. The second-order valence-electron chi connectivity index (χ2n) is 4.31. The molecule has 0 aromatic heterocycles. The van der Waals surface area contributed by atoms with E-state index in [1.807, 2.05) is 24.3 Å². The van der Waals surface area contributed by atoms with E-state index in [2.05, 4.69) is 4.74 Å². The van der Waals surface area contributed by atoms with Crippen molar-refractivity contribution in [2.75, 3.05) is 7.11 Å². The highest BCUT2D eigenvalue weighted by Gasteiger charge is 2.01. The first-order valence-electron chi connectivity index (χ1n) is 6.38. The highest BCUT2D eigenvalue weighted by molar-refractivity contribution is 5.77. The first kappa shape index (κ1) is 14.4. The van der Waals surface area contributed by atoms with Gasteiger partial charge < -0.3 is 4.74 Å². The highest BCUT2D eigenvalue weighted by Crippen LogP contribution is 2.12. The highest BCUT2D eigenvalue weighted by atomic mass is 16.5. The third-order valence-electron chi connectivity index (χ3n) is 2.99. The molecule has 0 saturated heterocycles. The number of benzene rings is 1. The largest absolute Gasteiger partial charge is 0.469 e. The topological polar surface area (TPSA) is 43.4 Å². The predicted molar refractivity (Wildman–Crippen MR) is 70.6 cm³/mol. The van der Waals surface area contributed by atoms with Crippen LogP contribution in [0.25, 0.3) is 0 Å². The van der Waals surface area contributed by atoms with Gasteiger partial charge in [0.2, 0.25) is 0 Å². The molecule has 1 aromatic rings. The summed E-state index contributed by atoms with van der Waals surface area (Å²) in [6.07, 6.45) is 6.36.